The van der Waals surface area contributed by atoms with Crippen molar-refractivity contribution >= 4 is 9.84 Å². The van der Waals surface area contributed by atoms with Crippen molar-refractivity contribution in [1.29, 1.82) is 0 Å². The van der Waals surface area contributed by atoms with E-state index >= 15 is 0 Å². The average molecular weight is 241 g/mol. The Morgan fingerprint density at radius 1 is 1.12 bits per heavy atom. The molecule has 0 aliphatic carbocycles. The van der Waals surface area contributed by atoms with E-state index in [-0.39, 0.29) is 18.1 Å². The van der Waals surface area contributed by atoms with E-state index in [4.69, 9.17) is 5.73 Å². The van der Waals surface area contributed by atoms with Gasteiger partial charge >= 0.3 is 0 Å². The zero-order valence-corrected chi connectivity index (χ0v) is 10.9. The highest BCUT2D eigenvalue weighted by atomic mass is 32.2. The summed E-state index contributed by atoms with van der Waals surface area (Å²) >= 11 is 0. The molecule has 0 fully saturated rings. The maximum atomic E-state index is 11.7. The topological polar surface area (TPSA) is 60.2 Å². The van der Waals surface area contributed by atoms with Crippen molar-refractivity contribution in [2.75, 3.05) is 12.3 Å². The SMILES string of the molecule is Cc1cc(C)c(CS(=O)(=O)CCN)c(C)c1. The Kier molecular flexibility index (Phi) is 4.10. The molecule has 0 spiro atoms. The largest absolute Gasteiger partial charge is 0.329 e. The molecule has 0 aliphatic heterocycles. The van der Waals surface area contributed by atoms with Gasteiger partial charge in [-0.15, -0.1) is 0 Å². The first-order valence-electron chi connectivity index (χ1n) is 5.33. The summed E-state index contributed by atoms with van der Waals surface area (Å²) in [6.07, 6.45) is 0. The number of sulfone groups is 1. The minimum atomic E-state index is -3.07. The van der Waals surface area contributed by atoms with Crippen LogP contribution in [0.1, 0.15) is 22.3 Å². The minimum Gasteiger partial charge on any atom is -0.329 e. The molecule has 0 unspecified atom stereocenters. The molecule has 0 atom stereocenters. The number of benzene rings is 1. The molecule has 0 amide bonds. The van der Waals surface area contributed by atoms with Gasteiger partial charge in [0.2, 0.25) is 0 Å². The first-order valence-corrected chi connectivity index (χ1v) is 7.15. The molecule has 16 heavy (non-hydrogen) atoms. The summed E-state index contributed by atoms with van der Waals surface area (Å²) in [5.41, 5.74) is 9.45. The Hall–Kier alpha value is -0.870. The summed E-state index contributed by atoms with van der Waals surface area (Å²) in [7, 11) is -3.07. The van der Waals surface area contributed by atoms with Crippen molar-refractivity contribution in [1.82, 2.24) is 0 Å². The van der Waals surface area contributed by atoms with Gasteiger partial charge in [-0.1, -0.05) is 17.7 Å². The lowest BCUT2D eigenvalue weighted by Gasteiger charge is -2.11. The van der Waals surface area contributed by atoms with Crippen molar-refractivity contribution in [2.24, 2.45) is 5.73 Å². The van der Waals surface area contributed by atoms with Gasteiger partial charge in [0.05, 0.1) is 11.5 Å². The molecule has 90 valence electrons. The van der Waals surface area contributed by atoms with Crippen LogP contribution in [0.4, 0.5) is 0 Å². The second kappa shape index (κ2) is 4.97. The molecular weight excluding hydrogens is 222 g/mol. The summed E-state index contributed by atoms with van der Waals surface area (Å²) in [5.74, 6) is 0.155. The Balaban J connectivity index is 3.07. The molecule has 0 aromatic heterocycles. The smallest absolute Gasteiger partial charge is 0.155 e. The fourth-order valence-corrected chi connectivity index (χ4v) is 3.31. The highest BCUT2D eigenvalue weighted by Gasteiger charge is 2.14. The number of nitrogens with two attached hydrogens (primary N) is 1. The van der Waals surface area contributed by atoms with Crippen molar-refractivity contribution < 1.29 is 8.42 Å². The third-order valence-electron chi connectivity index (χ3n) is 2.63. The molecule has 0 saturated heterocycles. The van der Waals surface area contributed by atoms with E-state index in [2.05, 4.69) is 0 Å². The van der Waals surface area contributed by atoms with E-state index < -0.39 is 9.84 Å². The molecule has 1 aromatic carbocycles. The van der Waals surface area contributed by atoms with E-state index in [0.717, 1.165) is 22.3 Å². The van der Waals surface area contributed by atoms with Crippen LogP contribution in [0, 0.1) is 20.8 Å². The van der Waals surface area contributed by atoms with E-state index in [1.807, 2.05) is 32.9 Å². The van der Waals surface area contributed by atoms with Crippen LogP contribution in [0.15, 0.2) is 12.1 Å². The number of rotatable bonds is 4. The van der Waals surface area contributed by atoms with Crippen LogP contribution in [0.3, 0.4) is 0 Å². The molecule has 0 aliphatic rings. The Morgan fingerprint density at radius 2 is 1.62 bits per heavy atom. The number of aryl methyl sites for hydroxylation is 3. The summed E-state index contributed by atoms with van der Waals surface area (Å²) in [6, 6.07) is 4.03. The van der Waals surface area contributed by atoms with Gasteiger partial charge in [-0.05, 0) is 37.5 Å². The summed E-state index contributed by atoms with van der Waals surface area (Å²) in [6.45, 7) is 6.10. The van der Waals surface area contributed by atoms with Gasteiger partial charge in [-0.2, -0.15) is 0 Å². The van der Waals surface area contributed by atoms with Gasteiger partial charge in [0.1, 0.15) is 0 Å². The lowest BCUT2D eigenvalue weighted by Crippen LogP contribution is -2.18. The summed E-state index contributed by atoms with van der Waals surface area (Å²) < 4.78 is 23.4. The maximum Gasteiger partial charge on any atom is 0.155 e. The highest BCUT2D eigenvalue weighted by Crippen LogP contribution is 2.19. The minimum absolute atomic E-state index is 0.0553. The van der Waals surface area contributed by atoms with E-state index in [9.17, 15) is 8.42 Å². The lowest BCUT2D eigenvalue weighted by molar-refractivity contribution is 0.595. The predicted molar refractivity (Wildman–Crippen MR) is 67.2 cm³/mol. The Labute approximate surface area is 97.6 Å². The molecule has 2 N–H and O–H groups in total. The second-order valence-corrected chi connectivity index (χ2v) is 6.44. The van der Waals surface area contributed by atoms with Crippen molar-refractivity contribution in [2.45, 2.75) is 26.5 Å². The van der Waals surface area contributed by atoms with Crippen molar-refractivity contribution in [3.8, 4) is 0 Å². The van der Waals surface area contributed by atoms with E-state index in [1.54, 1.807) is 0 Å². The van der Waals surface area contributed by atoms with E-state index in [1.165, 1.54) is 0 Å². The normalized spacial score (nSPS) is 11.8. The zero-order valence-electron chi connectivity index (χ0n) is 10.1. The van der Waals surface area contributed by atoms with Crippen LogP contribution < -0.4 is 5.73 Å². The van der Waals surface area contributed by atoms with Gasteiger partial charge in [0.25, 0.3) is 0 Å². The van der Waals surface area contributed by atoms with Gasteiger partial charge in [-0.25, -0.2) is 8.42 Å². The molecule has 3 nitrogen and oxygen atoms in total. The number of hydrogen-bond donors (Lipinski definition) is 1. The molecule has 0 saturated carbocycles. The molecule has 0 heterocycles. The fraction of sp³-hybridized carbons (Fsp3) is 0.500. The summed E-state index contributed by atoms with van der Waals surface area (Å²) in [5, 5.41) is 0. The van der Waals surface area contributed by atoms with Crippen LogP contribution in [0.25, 0.3) is 0 Å². The van der Waals surface area contributed by atoms with Crippen molar-refractivity contribution in [3.05, 3.63) is 34.4 Å². The van der Waals surface area contributed by atoms with Crippen LogP contribution >= 0.6 is 0 Å². The lowest BCUT2D eigenvalue weighted by atomic mass is 10.0. The van der Waals surface area contributed by atoms with Crippen LogP contribution in [-0.2, 0) is 15.6 Å². The quantitative estimate of drug-likeness (QED) is 0.868. The summed E-state index contributed by atoms with van der Waals surface area (Å²) in [4.78, 5) is 0. The highest BCUT2D eigenvalue weighted by molar-refractivity contribution is 7.90. The van der Waals surface area contributed by atoms with Crippen LogP contribution in [0.2, 0.25) is 0 Å². The Bertz CT molecular complexity index is 455. The third kappa shape index (κ3) is 3.32. The average Bonchev–Trinajstić information content (AvgIpc) is 2.11. The van der Waals surface area contributed by atoms with Crippen molar-refractivity contribution in [3.63, 3.8) is 0 Å². The number of hydrogen-bond acceptors (Lipinski definition) is 3. The predicted octanol–water partition coefficient (Wildman–Crippen LogP) is 1.49. The van der Waals surface area contributed by atoms with E-state index in [0.29, 0.717) is 0 Å². The molecule has 4 heteroatoms. The molecule has 1 rings (SSSR count). The molecule has 0 bridgehead atoms. The first kappa shape index (κ1) is 13.2. The van der Waals surface area contributed by atoms with Crippen LogP contribution in [0.5, 0.6) is 0 Å². The van der Waals surface area contributed by atoms with Crippen LogP contribution in [-0.4, -0.2) is 20.7 Å². The van der Waals surface area contributed by atoms with Gasteiger partial charge in [0, 0.05) is 6.54 Å². The molecule has 1 aromatic rings. The maximum absolute atomic E-state index is 11.7. The molecular formula is C12H19NO2S. The second-order valence-electron chi connectivity index (χ2n) is 4.26. The Morgan fingerprint density at radius 3 is 2.06 bits per heavy atom. The van der Waals surface area contributed by atoms with Gasteiger partial charge in [0.15, 0.2) is 9.84 Å². The molecule has 0 radical (unpaired) electrons. The zero-order chi connectivity index (χ0) is 12.3. The standard InChI is InChI=1S/C12H19NO2S/c1-9-6-10(2)12(11(3)7-9)8-16(14,15)5-4-13/h6-7H,4-5,8,13H2,1-3H3. The fourth-order valence-electron chi connectivity index (χ4n) is 1.91. The third-order valence-corrected chi connectivity index (χ3v) is 4.22. The van der Waals surface area contributed by atoms with Gasteiger partial charge in [-0.3, -0.25) is 0 Å². The first-order chi connectivity index (χ1) is 7.35. The monoisotopic (exact) mass is 241 g/mol. The van der Waals surface area contributed by atoms with Gasteiger partial charge < -0.3 is 5.73 Å².